The van der Waals surface area contributed by atoms with Crippen LogP contribution in [0.3, 0.4) is 0 Å². The summed E-state index contributed by atoms with van der Waals surface area (Å²) in [6.07, 6.45) is 6.70. The van der Waals surface area contributed by atoms with Crippen molar-refractivity contribution < 1.29 is 9.53 Å². The molecule has 68 valence electrons. The minimum atomic E-state index is -0.405. The van der Waals surface area contributed by atoms with Crippen molar-refractivity contribution in [3.8, 4) is 0 Å². The van der Waals surface area contributed by atoms with E-state index < -0.39 is 5.60 Å². The van der Waals surface area contributed by atoms with Gasteiger partial charge in [-0.2, -0.15) is 0 Å². The average Bonchev–Trinajstić information content (AvgIpc) is 1.84. The Labute approximate surface area is 73.9 Å². The van der Waals surface area contributed by atoms with Crippen molar-refractivity contribution in [2.75, 3.05) is 0 Å². The Morgan fingerprint density at radius 2 is 1.83 bits per heavy atom. The van der Waals surface area contributed by atoms with E-state index >= 15 is 0 Å². The van der Waals surface area contributed by atoms with Crippen molar-refractivity contribution >= 4 is 5.97 Å². The first-order chi connectivity index (χ1) is 5.45. The summed E-state index contributed by atoms with van der Waals surface area (Å²) in [5.74, 6) is -0.305. The van der Waals surface area contributed by atoms with Crippen LogP contribution in [0, 0.1) is 0 Å². The molecular formula is C10H16O2. The van der Waals surface area contributed by atoms with Crippen LogP contribution in [0.15, 0.2) is 24.3 Å². The Morgan fingerprint density at radius 3 is 2.25 bits per heavy atom. The van der Waals surface area contributed by atoms with E-state index in [0.29, 0.717) is 0 Å². The Morgan fingerprint density at radius 1 is 1.25 bits per heavy atom. The van der Waals surface area contributed by atoms with Crippen LogP contribution in [0.2, 0.25) is 0 Å². The number of carbonyl (C=O) groups excluding carboxylic acids is 1. The zero-order valence-corrected chi connectivity index (χ0v) is 8.13. The molecule has 0 spiro atoms. The van der Waals surface area contributed by atoms with Gasteiger partial charge in [0.1, 0.15) is 5.60 Å². The van der Waals surface area contributed by atoms with E-state index in [1.54, 1.807) is 12.2 Å². The first-order valence-corrected chi connectivity index (χ1v) is 3.98. The molecule has 0 fully saturated rings. The molecular weight excluding hydrogens is 152 g/mol. The van der Waals surface area contributed by atoms with Gasteiger partial charge in [0.05, 0.1) is 0 Å². The van der Waals surface area contributed by atoms with Gasteiger partial charge in [0.25, 0.3) is 0 Å². The fourth-order valence-corrected chi connectivity index (χ4v) is 0.581. The Balaban J connectivity index is 3.91. The van der Waals surface area contributed by atoms with Crippen LogP contribution in [-0.4, -0.2) is 11.6 Å². The fraction of sp³-hybridized carbons (Fsp3) is 0.500. The molecule has 2 nitrogen and oxygen atoms in total. The monoisotopic (exact) mass is 168 g/mol. The van der Waals surface area contributed by atoms with Crippen LogP contribution >= 0.6 is 0 Å². The Hall–Kier alpha value is -1.05. The quantitative estimate of drug-likeness (QED) is 0.359. The van der Waals surface area contributed by atoms with Crippen molar-refractivity contribution in [1.29, 1.82) is 0 Å². The van der Waals surface area contributed by atoms with Gasteiger partial charge in [-0.05, 0) is 27.7 Å². The van der Waals surface area contributed by atoms with Crippen LogP contribution in [0.5, 0.6) is 0 Å². The van der Waals surface area contributed by atoms with Crippen LogP contribution in [0.25, 0.3) is 0 Å². The van der Waals surface area contributed by atoms with Gasteiger partial charge >= 0.3 is 5.97 Å². The predicted molar refractivity (Wildman–Crippen MR) is 49.8 cm³/mol. The van der Waals surface area contributed by atoms with Gasteiger partial charge in [0.2, 0.25) is 0 Å². The molecule has 0 aromatic heterocycles. The molecule has 0 aliphatic heterocycles. The lowest BCUT2D eigenvalue weighted by atomic mass is 10.2. The first-order valence-electron chi connectivity index (χ1n) is 3.98. The molecule has 0 radical (unpaired) electrons. The second-order valence-electron chi connectivity index (χ2n) is 3.42. The SMILES string of the molecule is CC=CC=CC(=O)OC(C)(C)C. The molecule has 0 atom stereocenters. The highest BCUT2D eigenvalue weighted by Gasteiger charge is 2.13. The summed E-state index contributed by atoms with van der Waals surface area (Å²) in [5.41, 5.74) is -0.405. The summed E-state index contributed by atoms with van der Waals surface area (Å²) in [4.78, 5) is 11.0. The highest BCUT2D eigenvalue weighted by atomic mass is 16.6. The summed E-state index contributed by atoms with van der Waals surface area (Å²) in [5, 5.41) is 0. The summed E-state index contributed by atoms with van der Waals surface area (Å²) < 4.78 is 5.02. The third-order valence-electron chi connectivity index (χ3n) is 0.943. The number of hydrogen-bond acceptors (Lipinski definition) is 2. The number of esters is 1. The zero-order valence-electron chi connectivity index (χ0n) is 8.13. The molecule has 0 N–H and O–H groups in total. The molecule has 0 amide bonds. The molecule has 0 bridgehead atoms. The number of carbonyl (C=O) groups is 1. The summed E-state index contributed by atoms with van der Waals surface area (Å²) in [6, 6.07) is 0. The van der Waals surface area contributed by atoms with E-state index in [4.69, 9.17) is 4.74 Å². The first kappa shape index (κ1) is 11.0. The van der Waals surface area contributed by atoms with Crippen molar-refractivity contribution in [1.82, 2.24) is 0 Å². The molecule has 0 aliphatic rings. The topological polar surface area (TPSA) is 26.3 Å². The molecule has 2 heteroatoms. The number of ether oxygens (including phenoxy) is 1. The van der Waals surface area contributed by atoms with Gasteiger partial charge in [0, 0.05) is 6.08 Å². The molecule has 0 saturated carbocycles. The lowest BCUT2D eigenvalue weighted by molar-refractivity contribution is -0.148. The van der Waals surface area contributed by atoms with E-state index in [-0.39, 0.29) is 5.97 Å². The third kappa shape index (κ3) is 7.06. The maximum atomic E-state index is 11.0. The van der Waals surface area contributed by atoms with Crippen LogP contribution in [-0.2, 0) is 9.53 Å². The number of allylic oxidation sites excluding steroid dienone is 3. The van der Waals surface area contributed by atoms with Crippen molar-refractivity contribution in [3.05, 3.63) is 24.3 Å². The van der Waals surface area contributed by atoms with Crippen molar-refractivity contribution in [2.45, 2.75) is 33.3 Å². The molecule has 12 heavy (non-hydrogen) atoms. The molecule has 0 aromatic carbocycles. The molecule has 0 unspecified atom stereocenters. The molecule has 0 heterocycles. The Kier molecular flexibility index (Phi) is 4.34. The summed E-state index contributed by atoms with van der Waals surface area (Å²) in [6.45, 7) is 7.41. The van der Waals surface area contributed by atoms with Gasteiger partial charge in [-0.1, -0.05) is 18.2 Å². The maximum absolute atomic E-state index is 11.0. The standard InChI is InChI=1S/C10H16O2/c1-5-6-7-8-9(11)12-10(2,3)4/h5-8H,1-4H3. The Bertz CT molecular complexity index is 194. The number of rotatable bonds is 2. The third-order valence-corrected chi connectivity index (χ3v) is 0.943. The van der Waals surface area contributed by atoms with E-state index in [9.17, 15) is 4.79 Å². The fourth-order valence-electron chi connectivity index (χ4n) is 0.581. The molecule has 0 aliphatic carbocycles. The van der Waals surface area contributed by atoms with Crippen LogP contribution in [0.4, 0.5) is 0 Å². The normalized spacial score (nSPS) is 12.7. The largest absolute Gasteiger partial charge is 0.457 e. The highest BCUT2D eigenvalue weighted by Crippen LogP contribution is 2.06. The molecule has 0 aromatic rings. The second kappa shape index (κ2) is 4.75. The van der Waals surface area contributed by atoms with E-state index in [1.807, 2.05) is 33.8 Å². The average molecular weight is 168 g/mol. The predicted octanol–water partition coefficient (Wildman–Crippen LogP) is 2.46. The minimum Gasteiger partial charge on any atom is -0.457 e. The summed E-state index contributed by atoms with van der Waals surface area (Å²) >= 11 is 0. The van der Waals surface area contributed by atoms with E-state index in [2.05, 4.69) is 0 Å². The van der Waals surface area contributed by atoms with Crippen molar-refractivity contribution in [3.63, 3.8) is 0 Å². The second-order valence-corrected chi connectivity index (χ2v) is 3.42. The molecule has 0 saturated heterocycles. The maximum Gasteiger partial charge on any atom is 0.331 e. The molecule has 0 rings (SSSR count). The van der Waals surface area contributed by atoms with Gasteiger partial charge in [-0.15, -0.1) is 0 Å². The van der Waals surface area contributed by atoms with Gasteiger partial charge in [-0.25, -0.2) is 4.79 Å². The van der Waals surface area contributed by atoms with E-state index in [0.717, 1.165) is 0 Å². The lowest BCUT2D eigenvalue weighted by Gasteiger charge is -2.17. The highest BCUT2D eigenvalue weighted by molar-refractivity contribution is 5.82. The van der Waals surface area contributed by atoms with Gasteiger partial charge < -0.3 is 4.74 Å². The number of hydrogen-bond donors (Lipinski definition) is 0. The van der Waals surface area contributed by atoms with Crippen molar-refractivity contribution in [2.24, 2.45) is 0 Å². The lowest BCUT2D eigenvalue weighted by Crippen LogP contribution is -2.22. The minimum absolute atomic E-state index is 0.305. The van der Waals surface area contributed by atoms with Gasteiger partial charge in [-0.3, -0.25) is 0 Å². The van der Waals surface area contributed by atoms with Gasteiger partial charge in [0.15, 0.2) is 0 Å². The zero-order chi connectivity index (χ0) is 9.61. The van der Waals surface area contributed by atoms with Crippen LogP contribution in [0.1, 0.15) is 27.7 Å². The van der Waals surface area contributed by atoms with E-state index in [1.165, 1.54) is 6.08 Å². The summed E-state index contributed by atoms with van der Waals surface area (Å²) in [7, 11) is 0. The van der Waals surface area contributed by atoms with Crippen LogP contribution < -0.4 is 0 Å². The smallest absolute Gasteiger partial charge is 0.331 e.